The molecule has 0 heterocycles. The monoisotopic (exact) mass is 168 g/mol. The van der Waals surface area contributed by atoms with Crippen molar-refractivity contribution in [1.29, 1.82) is 0 Å². The van der Waals surface area contributed by atoms with Gasteiger partial charge in [-0.15, -0.1) is 0 Å². The van der Waals surface area contributed by atoms with Crippen LogP contribution in [0.2, 0.25) is 0 Å². The van der Waals surface area contributed by atoms with Gasteiger partial charge in [-0.1, -0.05) is 33.3 Å². The molecule has 0 aromatic heterocycles. The molecule has 0 amide bonds. The molecule has 4 unspecified atom stereocenters. The molecule has 0 aliphatic heterocycles. The van der Waals surface area contributed by atoms with Crippen LogP contribution < -0.4 is 5.11 Å². The van der Waals surface area contributed by atoms with Gasteiger partial charge in [0.05, 0.1) is 6.10 Å². The summed E-state index contributed by atoms with van der Waals surface area (Å²) in [5, 5.41) is 23.2. The summed E-state index contributed by atoms with van der Waals surface area (Å²) in [6.07, 6.45) is 0.207. The zero-order valence-corrected chi connectivity index (χ0v) is 7.96. The van der Waals surface area contributed by atoms with Crippen LogP contribution >= 0.6 is 0 Å². The van der Waals surface area contributed by atoms with Crippen molar-refractivity contribution < 1.29 is 10.2 Å². The van der Waals surface area contributed by atoms with Crippen molar-refractivity contribution in [2.75, 3.05) is 0 Å². The van der Waals surface area contributed by atoms with Crippen molar-refractivity contribution in [3.8, 4) is 0 Å². The molecule has 0 spiro atoms. The van der Waals surface area contributed by atoms with Gasteiger partial charge in [0.15, 0.2) is 0 Å². The van der Waals surface area contributed by atoms with Crippen molar-refractivity contribution in [1.82, 2.24) is 0 Å². The van der Waals surface area contributed by atoms with Gasteiger partial charge in [-0.3, -0.25) is 0 Å². The lowest BCUT2D eigenvalue weighted by Crippen LogP contribution is -2.45. The van der Waals surface area contributed by atoms with Gasteiger partial charge in [-0.2, -0.15) is 0 Å². The van der Waals surface area contributed by atoms with Gasteiger partial charge in [0.2, 0.25) is 0 Å². The Kier molecular flexibility index (Phi) is 1.45. The molecule has 2 nitrogen and oxygen atoms in total. The topological polar surface area (TPSA) is 43.0 Å². The lowest BCUT2D eigenvalue weighted by molar-refractivity contribution is -0.454. The molecule has 12 heavy (non-hydrogen) atoms. The second kappa shape index (κ2) is 2.05. The molecule has 0 aromatic carbocycles. The SMILES string of the molecule is CC1(C)C2CCC1(C)C([O])C2[O-]. The first-order valence-corrected chi connectivity index (χ1v) is 4.73. The molecule has 0 saturated heterocycles. The Morgan fingerprint density at radius 3 is 2.17 bits per heavy atom. The summed E-state index contributed by atoms with van der Waals surface area (Å²) in [6.45, 7) is 6.18. The van der Waals surface area contributed by atoms with E-state index in [2.05, 4.69) is 13.8 Å². The first-order valence-electron chi connectivity index (χ1n) is 4.73. The van der Waals surface area contributed by atoms with Gasteiger partial charge >= 0.3 is 0 Å². The molecule has 1 radical (unpaired) electrons. The highest BCUT2D eigenvalue weighted by atomic mass is 16.3. The lowest BCUT2D eigenvalue weighted by atomic mass is 9.70. The summed E-state index contributed by atoms with van der Waals surface area (Å²) in [5.41, 5.74) is -0.254. The quantitative estimate of drug-likeness (QED) is 0.531. The van der Waals surface area contributed by atoms with Crippen LogP contribution in [0.5, 0.6) is 0 Å². The second-order valence-corrected chi connectivity index (χ2v) is 5.17. The molecule has 2 fully saturated rings. The highest BCUT2D eigenvalue weighted by Gasteiger charge is 2.63. The van der Waals surface area contributed by atoms with Crippen LogP contribution in [-0.4, -0.2) is 12.2 Å². The molecule has 2 heteroatoms. The fraction of sp³-hybridized carbons (Fsp3) is 1.00. The Hall–Kier alpha value is -0.0800. The van der Waals surface area contributed by atoms with E-state index in [4.69, 9.17) is 0 Å². The van der Waals surface area contributed by atoms with Crippen molar-refractivity contribution >= 4 is 0 Å². The molecule has 2 saturated carbocycles. The van der Waals surface area contributed by atoms with Crippen LogP contribution in [-0.2, 0) is 5.11 Å². The van der Waals surface area contributed by atoms with E-state index in [9.17, 15) is 10.2 Å². The number of hydrogen-bond donors (Lipinski definition) is 0. The Labute approximate surface area is 73.6 Å². The second-order valence-electron chi connectivity index (χ2n) is 5.17. The molecule has 69 valence electrons. The van der Waals surface area contributed by atoms with E-state index in [0.29, 0.717) is 0 Å². The van der Waals surface area contributed by atoms with E-state index in [1.54, 1.807) is 0 Å². The predicted molar refractivity (Wildman–Crippen MR) is 42.9 cm³/mol. The van der Waals surface area contributed by atoms with Crippen molar-refractivity contribution in [2.45, 2.75) is 45.8 Å². The molecule has 2 aliphatic carbocycles. The zero-order valence-electron chi connectivity index (χ0n) is 7.96. The fourth-order valence-corrected chi connectivity index (χ4v) is 3.22. The first-order chi connectivity index (χ1) is 5.41. The van der Waals surface area contributed by atoms with Crippen LogP contribution in [0.25, 0.3) is 0 Å². The molecule has 0 N–H and O–H groups in total. The highest BCUT2D eigenvalue weighted by Crippen LogP contribution is 2.64. The zero-order chi connectivity index (χ0) is 9.15. The van der Waals surface area contributed by atoms with Crippen molar-refractivity contribution in [3.63, 3.8) is 0 Å². The average molecular weight is 168 g/mol. The average Bonchev–Trinajstić information content (AvgIpc) is 2.26. The number of hydrogen-bond acceptors (Lipinski definition) is 1. The maximum Gasteiger partial charge on any atom is 0.0867 e. The Morgan fingerprint density at radius 2 is 1.92 bits per heavy atom. The van der Waals surface area contributed by atoms with Crippen LogP contribution in [0.1, 0.15) is 33.6 Å². The maximum absolute atomic E-state index is 11.7. The van der Waals surface area contributed by atoms with Gasteiger partial charge in [-0.25, -0.2) is 5.11 Å². The fourth-order valence-electron chi connectivity index (χ4n) is 3.22. The van der Waals surface area contributed by atoms with Crippen LogP contribution in [0.3, 0.4) is 0 Å². The normalized spacial score (nSPS) is 56.2. The lowest BCUT2D eigenvalue weighted by Gasteiger charge is -2.37. The van der Waals surface area contributed by atoms with Crippen LogP contribution in [0.4, 0.5) is 0 Å². The maximum atomic E-state index is 11.7. The van der Waals surface area contributed by atoms with Gasteiger partial charge in [0.1, 0.15) is 0 Å². The van der Waals surface area contributed by atoms with E-state index in [1.165, 1.54) is 0 Å². The van der Waals surface area contributed by atoms with E-state index in [-0.39, 0.29) is 16.7 Å². The third-order valence-corrected chi connectivity index (χ3v) is 4.70. The van der Waals surface area contributed by atoms with E-state index >= 15 is 0 Å². The Balaban J connectivity index is 2.44. The van der Waals surface area contributed by atoms with Crippen LogP contribution in [0.15, 0.2) is 0 Å². The summed E-state index contributed by atoms with van der Waals surface area (Å²) in [7, 11) is 0. The first kappa shape index (κ1) is 8.52. The van der Waals surface area contributed by atoms with Gasteiger partial charge in [0.25, 0.3) is 0 Å². The molecule has 2 aliphatic rings. The Morgan fingerprint density at radius 1 is 1.33 bits per heavy atom. The molecule has 0 aromatic rings. The minimum absolute atomic E-state index is 0.0220. The predicted octanol–water partition coefficient (Wildman–Crippen LogP) is 0.970. The third-order valence-electron chi connectivity index (χ3n) is 4.70. The standard InChI is InChI=1S/C10H16O2/c1-9(2)6-4-5-10(9,3)8(12)7(6)11/h6-8H,4-5H2,1-3H3/q-1. The molecule has 2 rings (SSSR count). The molecular weight excluding hydrogens is 152 g/mol. The summed E-state index contributed by atoms with van der Waals surface area (Å²) in [5.74, 6) is 0.130. The van der Waals surface area contributed by atoms with Crippen molar-refractivity contribution in [3.05, 3.63) is 0 Å². The Bertz CT molecular complexity index is 212. The molecular formula is C10H16O2-. The molecule has 2 bridgehead atoms. The third kappa shape index (κ3) is 0.647. The largest absolute Gasteiger partial charge is 0.850 e. The summed E-state index contributed by atoms with van der Waals surface area (Å²) < 4.78 is 0. The highest BCUT2D eigenvalue weighted by molar-refractivity contribution is 5.14. The van der Waals surface area contributed by atoms with E-state index in [1.807, 2.05) is 6.92 Å². The molecule has 4 atom stereocenters. The van der Waals surface area contributed by atoms with Gasteiger partial charge in [-0.05, 0) is 17.8 Å². The number of rotatable bonds is 0. The number of fused-ring (bicyclic) bond motifs is 2. The summed E-state index contributed by atoms with van der Waals surface area (Å²) >= 11 is 0. The minimum Gasteiger partial charge on any atom is -0.850 e. The van der Waals surface area contributed by atoms with Crippen molar-refractivity contribution in [2.24, 2.45) is 16.7 Å². The van der Waals surface area contributed by atoms with E-state index in [0.717, 1.165) is 12.8 Å². The summed E-state index contributed by atoms with van der Waals surface area (Å²) in [6, 6.07) is 0. The van der Waals surface area contributed by atoms with E-state index < -0.39 is 12.2 Å². The van der Waals surface area contributed by atoms with Gasteiger partial charge < -0.3 is 5.11 Å². The minimum atomic E-state index is -0.869. The van der Waals surface area contributed by atoms with Gasteiger partial charge in [0, 0.05) is 5.41 Å². The summed E-state index contributed by atoms with van der Waals surface area (Å²) in [4.78, 5) is 0. The van der Waals surface area contributed by atoms with Crippen LogP contribution in [0, 0.1) is 16.7 Å². The smallest absolute Gasteiger partial charge is 0.0867 e.